The van der Waals surface area contributed by atoms with Crippen molar-refractivity contribution in [2.75, 3.05) is 13.2 Å². The van der Waals surface area contributed by atoms with E-state index < -0.39 is 78.5 Å². The van der Waals surface area contributed by atoms with Crippen LogP contribution in [0.15, 0.2) is 24.3 Å². The number of carbonyl (C=O) groups is 1. The maximum Gasteiger partial charge on any atom is 0.397 e. The summed E-state index contributed by atoms with van der Waals surface area (Å²) in [6.07, 6.45) is 15.7. The third kappa shape index (κ3) is 21.2. The second-order valence-electron chi connectivity index (χ2n) is 13.3. The summed E-state index contributed by atoms with van der Waals surface area (Å²) in [5.74, 6) is -0.741. The van der Waals surface area contributed by atoms with Crippen LogP contribution >= 0.6 is 0 Å². The molecule has 294 valence electrons. The number of allylic oxidation sites excluding steroid dienone is 3. The summed E-state index contributed by atoms with van der Waals surface area (Å²) < 4.78 is 47.2. The number of carbonyl (C=O) groups excluding carboxylic acids is 1. The normalized spacial score (nSPS) is 23.4. The van der Waals surface area contributed by atoms with Crippen molar-refractivity contribution in [3.8, 4) is 0 Å². The monoisotopic (exact) mass is 737 g/mol. The Balaban J connectivity index is 2.74. The molecule has 7 N–H and O–H groups in total. The van der Waals surface area contributed by atoms with Crippen molar-refractivity contribution < 1.29 is 57.0 Å². The molecule has 0 aromatic carbocycles. The van der Waals surface area contributed by atoms with E-state index in [4.69, 9.17) is 14.0 Å². The van der Waals surface area contributed by atoms with Crippen LogP contribution in [-0.4, -0.2) is 107 Å². The van der Waals surface area contributed by atoms with Gasteiger partial charge >= 0.3 is 10.4 Å². The molecule has 14 heteroatoms. The van der Waals surface area contributed by atoms with E-state index >= 15 is 0 Å². The van der Waals surface area contributed by atoms with Crippen molar-refractivity contribution in [3.05, 3.63) is 24.3 Å². The number of aliphatic hydroxyl groups is 5. The number of ether oxygens (including phenoxy) is 2. The number of aliphatic hydroxyl groups excluding tert-OH is 5. The maximum absolute atomic E-state index is 12.9. The van der Waals surface area contributed by atoms with Crippen LogP contribution in [0.5, 0.6) is 0 Å². The minimum Gasteiger partial charge on any atom is -0.394 e. The Labute approximate surface area is 300 Å². The first-order valence-corrected chi connectivity index (χ1v) is 20.2. The SMILES string of the molecule is CCCCCCCC/C=C\C/C=C\CC(O)C(=O)NC(COC1OC(CO)C(O)C(OS(=O)(=O)O)C1O)C(O)CCCCCCCCCCC. The molecule has 0 saturated carbocycles. The van der Waals surface area contributed by atoms with Crippen molar-refractivity contribution in [2.24, 2.45) is 0 Å². The van der Waals surface area contributed by atoms with Gasteiger partial charge < -0.3 is 40.3 Å². The van der Waals surface area contributed by atoms with Gasteiger partial charge in [0.25, 0.3) is 0 Å². The third-order valence-corrected chi connectivity index (χ3v) is 9.35. The van der Waals surface area contributed by atoms with E-state index in [9.17, 15) is 38.7 Å². The summed E-state index contributed by atoms with van der Waals surface area (Å²) in [5, 5.41) is 54.7. The summed E-state index contributed by atoms with van der Waals surface area (Å²) >= 11 is 0. The molecule has 1 rings (SSSR count). The Hall–Kier alpha value is -1.46. The molecule has 1 amide bonds. The molecule has 0 aliphatic carbocycles. The van der Waals surface area contributed by atoms with Gasteiger partial charge in [0.05, 0.1) is 25.4 Å². The first-order chi connectivity index (χ1) is 23.9. The van der Waals surface area contributed by atoms with Crippen LogP contribution in [0.2, 0.25) is 0 Å². The lowest BCUT2D eigenvalue weighted by Crippen LogP contribution is -2.61. The van der Waals surface area contributed by atoms with Crippen molar-refractivity contribution in [3.63, 3.8) is 0 Å². The van der Waals surface area contributed by atoms with Crippen LogP contribution < -0.4 is 5.32 Å². The van der Waals surface area contributed by atoms with Crippen molar-refractivity contribution in [1.29, 1.82) is 0 Å². The molecule has 13 nitrogen and oxygen atoms in total. The molecule has 0 bridgehead atoms. The number of amides is 1. The van der Waals surface area contributed by atoms with Gasteiger partial charge in [-0.3, -0.25) is 9.35 Å². The number of unbranched alkanes of at least 4 members (excludes halogenated alkanes) is 14. The molecule has 0 aromatic heterocycles. The molecule has 1 heterocycles. The zero-order valence-corrected chi connectivity index (χ0v) is 31.1. The summed E-state index contributed by atoms with van der Waals surface area (Å²) in [6, 6.07) is -1.06. The second kappa shape index (κ2) is 28.1. The van der Waals surface area contributed by atoms with E-state index in [0.29, 0.717) is 19.3 Å². The fourth-order valence-electron chi connectivity index (χ4n) is 5.80. The third-order valence-electron chi connectivity index (χ3n) is 8.88. The standard InChI is InChI=1S/C36H67NO12S/c1-3-5-7-9-11-13-14-15-17-19-21-23-25-30(40)35(43)37-28(29(39)24-22-20-18-16-12-10-8-6-4-2)27-47-36-33(42)34(49-50(44,45)46)32(41)31(26-38)48-36/h15,17,21,23,28-34,36,38-42H,3-14,16,18-20,22,24-27H2,1-2H3,(H,37,43)(H,44,45,46)/b17-15-,23-21-. The van der Waals surface area contributed by atoms with Crippen molar-refractivity contribution in [1.82, 2.24) is 5.32 Å². The van der Waals surface area contributed by atoms with E-state index in [2.05, 4.69) is 35.5 Å². The highest BCUT2D eigenvalue weighted by Gasteiger charge is 2.48. The largest absolute Gasteiger partial charge is 0.397 e. The van der Waals surface area contributed by atoms with Crippen molar-refractivity contribution in [2.45, 2.75) is 185 Å². The van der Waals surface area contributed by atoms with Crippen LogP contribution in [0.1, 0.15) is 136 Å². The molecule has 8 unspecified atom stereocenters. The van der Waals surface area contributed by atoms with Gasteiger partial charge in [0.15, 0.2) is 6.29 Å². The second-order valence-corrected chi connectivity index (χ2v) is 14.4. The summed E-state index contributed by atoms with van der Waals surface area (Å²) in [4.78, 5) is 12.9. The number of nitrogens with one attached hydrogen (secondary N) is 1. The zero-order chi connectivity index (χ0) is 37.2. The summed E-state index contributed by atoms with van der Waals surface area (Å²) in [6.45, 7) is 3.14. The molecule has 8 atom stereocenters. The Morgan fingerprint density at radius 2 is 1.38 bits per heavy atom. The average molecular weight is 738 g/mol. The molecule has 0 aromatic rings. The molecule has 1 aliphatic heterocycles. The molecular formula is C36H67NO12S. The fourth-order valence-corrected chi connectivity index (χ4v) is 6.31. The topological polar surface area (TPSA) is 212 Å². The number of hydrogen-bond acceptors (Lipinski definition) is 11. The van der Waals surface area contributed by atoms with Gasteiger partial charge in [-0.15, -0.1) is 0 Å². The molecule has 1 saturated heterocycles. The lowest BCUT2D eigenvalue weighted by molar-refractivity contribution is -0.298. The van der Waals surface area contributed by atoms with Gasteiger partial charge in [0.1, 0.15) is 30.5 Å². The Morgan fingerprint density at radius 1 is 0.820 bits per heavy atom. The van der Waals surface area contributed by atoms with Crippen LogP contribution in [0.4, 0.5) is 0 Å². The van der Waals surface area contributed by atoms with E-state index in [1.165, 1.54) is 57.8 Å². The highest BCUT2D eigenvalue weighted by molar-refractivity contribution is 7.80. The van der Waals surface area contributed by atoms with Gasteiger partial charge in [0, 0.05) is 6.42 Å². The van der Waals surface area contributed by atoms with Gasteiger partial charge in [-0.25, -0.2) is 4.18 Å². The molecule has 1 aliphatic rings. The Kier molecular flexibility index (Phi) is 26.2. The smallest absolute Gasteiger partial charge is 0.394 e. The minimum atomic E-state index is -5.11. The molecule has 1 fully saturated rings. The van der Waals surface area contributed by atoms with E-state index in [-0.39, 0.29) is 6.42 Å². The average Bonchev–Trinajstić information content (AvgIpc) is 3.08. The summed E-state index contributed by atoms with van der Waals surface area (Å²) in [5.41, 5.74) is 0. The van der Waals surface area contributed by atoms with E-state index in [0.717, 1.165) is 38.5 Å². The molecule has 0 spiro atoms. The molecule has 0 radical (unpaired) electrons. The van der Waals surface area contributed by atoms with Crippen LogP contribution in [0, 0.1) is 0 Å². The lowest BCUT2D eigenvalue weighted by Gasteiger charge is -2.41. The summed E-state index contributed by atoms with van der Waals surface area (Å²) in [7, 11) is -5.11. The first-order valence-electron chi connectivity index (χ1n) is 18.8. The molecule has 50 heavy (non-hydrogen) atoms. The van der Waals surface area contributed by atoms with Gasteiger partial charge in [-0.05, 0) is 25.7 Å². The van der Waals surface area contributed by atoms with Gasteiger partial charge in [0.2, 0.25) is 5.91 Å². The highest BCUT2D eigenvalue weighted by atomic mass is 32.3. The van der Waals surface area contributed by atoms with Crippen molar-refractivity contribution >= 4 is 16.3 Å². The van der Waals surface area contributed by atoms with E-state index in [1.54, 1.807) is 6.08 Å². The van der Waals surface area contributed by atoms with Gasteiger partial charge in [-0.1, -0.05) is 128 Å². The van der Waals surface area contributed by atoms with Crippen LogP contribution in [0.25, 0.3) is 0 Å². The molecular weight excluding hydrogens is 670 g/mol. The number of hydrogen-bond donors (Lipinski definition) is 7. The fraction of sp³-hybridized carbons (Fsp3) is 0.861. The van der Waals surface area contributed by atoms with E-state index in [1.807, 2.05) is 6.08 Å². The van der Waals surface area contributed by atoms with Crippen LogP contribution in [0.3, 0.4) is 0 Å². The maximum atomic E-state index is 12.9. The lowest BCUT2D eigenvalue weighted by atomic mass is 9.99. The minimum absolute atomic E-state index is 0.0498. The number of rotatable bonds is 30. The predicted molar refractivity (Wildman–Crippen MR) is 191 cm³/mol. The predicted octanol–water partition coefficient (Wildman–Crippen LogP) is 4.40. The quantitative estimate of drug-likeness (QED) is 0.0311. The van der Waals surface area contributed by atoms with Crippen LogP contribution in [-0.2, 0) is 28.9 Å². The Morgan fingerprint density at radius 3 is 1.96 bits per heavy atom. The highest BCUT2D eigenvalue weighted by Crippen LogP contribution is 2.26. The first kappa shape index (κ1) is 46.6. The van der Waals surface area contributed by atoms with Gasteiger partial charge in [-0.2, -0.15) is 8.42 Å². The Bertz CT molecular complexity index is 1030. The zero-order valence-electron chi connectivity index (χ0n) is 30.3.